The van der Waals surface area contributed by atoms with Gasteiger partial charge in [-0.2, -0.15) is 0 Å². The predicted molar refractivity (Wildman–Crippen MR) is 53.2 cm³/mol. The van der Waals surface area contributed by atoms with Gasteiger partial charge in [-0.25, -0.2) is 4.79 Å². The van der Waals surface area contributed by atoms with Gasteiger partial charge < -0.3 is 10.2 Å². The molecule has 4 heteroatoms. The normalized spacial score (nSPS) is 12.1. The molecule has 3 nitrogen and oxygen atoms in total. The predicted octanol–water partition coefficient (Wildman–Crippen LogP) is 2.01. The Morgan fingerprint density at radius 2 is 2.14 bits per heavy atom. The Hall–Kier alpha value is -1.32. The molecule has 0 fully saturated rings. The minimum atomic E-state index is -1.22. The fraction of sp³-hybridized carbons (Fsp3) is 0.100. The van der Waals surface area contributed by atoms with E-state index in [9.17, 15) is 9.90 Å². The second-order valence-electron chi connectivity index (χ2n) is 2.79. The number of hydrogen-bond acceptors (Lipinski definition) is 2. The number of aliphatic hydroxyl groups is 1. The van der Waals surface area contributed by atoms with Crippen molar-refractivity contribution in [1.29, 1.82) is 0 Å². The first-order valence-electron chi connectivity index (χ1n) is 3.88. The molecular formula is C10H9ClO3. The molecule has 0 spiro atoms. The molecule has 0 saturated heterocycles. The van der Waals surface area contributed by atoms with Crippen LogP contribution in [0.1, 0.15) is 11.7 Å². The van der Waals surface area contributed by atoms with E-state index in [0.717, 1.165) is 0 Å². The topological polar surface area (TPSA) is 57.5 Å². The minimum Gasteiger partial charge on any atom is -0.478 e. The molecule has 0 unspecified atom stereocenters. The van der Waals surface area contributed by atoms with E-state index in [1.807, 2.05) is 0 Å². The molecule has 0 aliphatic rings. The smallest absolute Gasteiger partial charge is 0.333 e. The second kappa shape index (κ2) is 4.26. The van der Waals surface area contributed by atoms with Gasteiger partial charge in [-0.3, -0.25) is 0 Å². The van der Waals surface area contributed by atoms with Crippen LogP contribution in [0.4, 0.5) is 0 Å². The Bertz CT molecular complexity index is 373. The fourth-order valence-electron chi connectivity index (χ4n) is 0.995. The SMILES string of the molecule is C=C(C(=O)O)[C@H](O)c1cccc(Cl)c1. The van der Waals surface area contributed by atoms with Crippen molar-refractivity contribution in [3.63, 3.8) is 0 Å². The second-order valence-corrected chi connectivity index (χ2v) is 3.22. The molecule has 0 heterocycles. The summed E-state index contributed by atoms with van der Waals surface area (Å²) in [4.78, 5) is 10.5. The van der Waals surface area contributed by atoms with Crippen LogP contribution >= 0.6 is 11.6 Å². The maximum absolute atomic E-state index is 10.5. The monoisotopic (exact) mass is 212 g/mol. The Balaban J connectivity index is 2.95. The average Bonchev–Trinajstić information content (AvgIpc) is 2.15. The third kappa shape index (κ3) is 2.34. The van der Waals surface area contributed by atoms with Crippen LogP contribution in [0, 0.1) is 0 Å². The van der Waals surface area contributed by atoms with Crippen molar-refractivity contribution < 1.29 is 15.0 Å². The number of aliphatic carboxylic acids is 1. The van der Waals surface area contributed by atoms with Gasteiger partial charge >= 0.3 is 5.97 Å². The molecule has 1 aromatic carbocycles. The third-order valence-electron chi connectivity index (χ3n) is 1.77. The van der Waals surface area contributed by atoms with Crippen LogP contribution in [0.25, 0.3) is 0 Å². The summed E-state index contributed by atoms with van der Waals surface area (Å²) in [7, 11) is 0. The van der Waals surface area contributed by atoms with Gasteiger partial charge in [0, 0.05) is 5.02 Å². The van der Waals surface area contributed by atoms with Crippen molar-refractivity contribution in [2.45, 2.75) is 6.10 Å². The van der Waals surface area contributed by atoms with E-state index in [2.05, 4.69) is 6.58 Å². The van der Waals surface area contributed by atoms with Crippen LogP contribution in [0.5, 0.6) is 0 Å². The number of aliphatic hydroxyl groups excluding tert-OH is 1. The van der Waals surface area contributed by atoms with Gasteiger partial charge in [0.25, 0.3) is 0 Å². The molecule has 1 aromatic rings. The molecule has 1 rings (SSSR count). The average molecular weight is 213 g/mol. The number of carbonyl (C=O) groups is 1. The van der Waals surface area contributed by atoms with Crippen LogP contribution in [-0.2, 0) is 4.79 Å². The molecule has 1 atom stereocenters. The van der Waals surface area contributed by atoms with Gasteiger partial charge in [-0.05, 0) is 17.7 Å². The van der Waals surface area contributed by atoms with E-state index < -0.39 is 12.1 Å². The summed E-state index contributed by atoms with van der Waals surface area (Å²) in [6, 6.07) is 6.36. The van der Waals surface area contributed by atoms with Crippen molar-refractivity contribution in [2.75, 3.05) is 0 Å². The van der Waals surface area contributed by atoms with Gasteiger partial charge in [0.1, 0.15) is 6.10 Å². The molecule has 2 N–H and O–H groups in total. The first-order chi connectivity index (χ1) is 6.52. The van der Waals surface area contributed by atoms with Crippen molar-refractivity contribution in [3.8, 4) is 0 Å². The zero-order valence-electron chi connectivity index (χ0n) is 7.27. The summed E-state index contributed by atoms with van der Waals surface area (Å²) in [5, 5.41) is 18.6. The molecule has 0 aromatic heterocycles. The highest BCUT2D eigenvalue weighted by atomic mass is 35.5. The quantitative estimate of drug-likeness (QED) is 0.754. The lowest BCUT2D eigenvalue weighted by Gasteiger charge is -2.10. The van der Waals surface area contributed by atoms with Gasteiger partial charge in [0.05, 0.1) is 5.57 Å². The number of rotatable bonds is 3. The summed E-state index contributed by atoms with van der Waals surface area (Å²) >= 11 is 5.68. The van der Waals surface area contributed by atoms with E-state index in [-0.39, 0.29) is 5.57 Å². The molecule has 0 radical (unpaired) electrons. The molecular weight excluding hydrogens is 204 g/mol. The third-order valence-corrected chi connectivity index (χ3v) is 2.00. The van der Waals surface area contributed by atoms with Gasteiger partial charge in [-0.15, -0.1) is 0 Å². The Morgan fingerprint density at radius 3 is 2.64 bits per heavy atom. The van der Waals surface area contributed by atoms with Crippen molar-refractivity contribution >= 4 is 17.6 Å². The van der Waals surface area contributed by atoms with E-state index >= 15 is 0 Å². The summed E-state index contributed by atoms with van der Waals surface area (Å²) < 4.78 is 0. The van der Waals surface area contributed by atoms with Gasteiger partial charge in [0.2, 0.25) is 0 Å². The summed E-state index contributed by atoms with van der Waals surface area (Å²) in [5.41, 5.74) is 0.150. The first kappa shape index (κ1) is 10.8. The summed E-state index contributed by atoms with van der Waals surface area (Å²) in [6.07, 6.45) is -1.22. The molecule has 0 bridgehead atoms. The van der Waals surface area contributed by atoms with Crippen LogP contribution < -0.4 is 0 Å². The summed E-state index contributed by atoms with van der Waals surface area (Å²) in [5.74, 6) is -1.22. The Labute approximate surface area is 86.3 Å². The summed E-state index contributed by atoms with van der Waals surface area (Å²) in [6.45, 7) is 3.27. The standard InChI is InChI=1S/C10H9ClO3/c1-6(10(13)14)9(12)7-3-2-4-8(11)5-7/h2-5,9,12H,1H2,(H,13,14)/t9-/m0/s1. The van der Waals surface area contributed by atoms with Crippen LogP contribution in [-0.4, -0.2) is 16.2 Å². The largest absolute Gasteiger partial charge is 0.478 e. The number of halogens is 1. The molecule has 0 amide bonds. The van der Waals surface area contributed by atoms with Crippen LogP contribution in [0.15, 0.2) is 36.4 Å². The van der Waals surface area contributed by atoms with Crippen molar-refractivity contribution in [3.05, 3.63) is 47.0 Å². The lowest BCUT2D eigenvalue weighted by molar-refractivity contribution is -0.133. The zero-order valence-corrected chi connectivity index (χ0v) is 8.03. The highest BCUT2D eigenvalue weighted by Gasteiger charge is 2.17. The zero-order chi connectivity index (χ0) is 10.7. The molecule has 0 saturated carbocycles. The van der Waals surface area contributed by atoms with Gasteiger partial charge in [0.15, 0.2) is 0 Å². The molecule has 14 heavy (non-hydrogen) atoms. The van der Waals surface area contributed by atoms with Crippen LogP contribution in [0.3, 0.4) is 0 Å². The maximum atomic E-state index is 10.5. The number of carboxylic acids is 1. The highest BCUT2D eigenvalue weighted by Crippen LogP contribution is 2.22. The fourth-order valence-corrected chi connectivity index (χ4v) is 1.19. The van der Waals surface area contributed by atoms with E-state index in [0.29, 0.717) is 10.6 Å². The molecule has 74 valence electrons. The minimum absolute atomic E-state index is 0.271. The number of hydrogen-bond donors (Lipinski definition) is 2. The lowest BCUT2D eigenvalue weighted by atomic mass is 10.0. The highest BCUT2D eigenvalue weighted by molar-refractivity contribution is 6.30. The van der Waals surface area contributed by atoms with E-state index in [1.54, 1.807) is 18.2 Å². The van der Waals surface area contributed by atoms with E-state index in [4.69, 9.17) is 16.7 Å². The molecule has 0 aliphatic heterocycles. The lowest BCUT2D eigenvalue weighted by Crippen LogP contribution is -2.09. The van der Waals surface area contributed by atoms with Crippen molar-refractivity contribution in [1.82, 2.24) is 0 Å². The maximum Gasteiger partial charge on any atom is 0.333 e. The number of benzene rings is 1. The molecule has 0 aliphatic carbocycles. The Morgan fingerprint density at radius 1 is 1.50 bits per heavy atom. The first-order valence-corrected chi connectivity index (χ1v) is 4.26. The van der Waals surface area contributed by atoms with Gasteiger partial charge in [-0.1, -0.05) is 30.3 Å². The van der Waals surface area contributed by atoms with E-state index in [1.165, 1.54) is 6.07 Å². The van der Waals surface area contributed by atoms with Crippen LogP contribution in [0.2, 0.25) is 5.02 Å². The number of carboxylic acid groups (broad SMARTS) is 1. The van der Waals surface area contributed by atoms with Crippen molar-refractivity contribution in [2.24, 2.45) is 0 Å². The Kier molecular flexibility index (Phi) is 3.28.